The summed E-state index contributed by atoms with van der Waals surface area (Å²) in [4.78, 5) is 0.0509. The lowest BCUT2D eigenvalue weighted by atomic mass is 10.2. The van der Waals surface area contributed by atoms with Crippen molar-refractivity contribution >= 4 is 20.0 Å². The van der Waals surface area contributed by atoms with Gasteiger partial charge in [-0.3, -0.25) is 0 Å². The Morgan fingerprint density at radius 1 is 0.583 bits per heavy atom. The Bertz CT molecular complexity index is 1450. The van der Waals surface area contributed by atoms with Gasteiger partial charge in [0.2, 0.25) is 20.0 Å². The van der Waals surface area contributed by atoms with Crippen LogP contribution < -0.4 is 0 Å². The second-order valence-electron chi connectivity index (χ2n) is 8.23. The summed E-state index contributed by atoms with van der Waals surface area (Å²) in [6.07, 6.45) is 1.50. The molecule has 0 saturated carbocycles. The third-order valence-corrected chi connectivity index (χ3v) is 9.51. The highest BCUT2D eigenvalue weighted by atomic mass is 32.2. The molecule has 188 valence electrons. The fraction of sp³-hybridized carbons (Fsp3) is 0.185. The zero-order valence-electron chi connectivity index (χ0n) is 19.9. The van der Waals surface area contributed by atoms with Gasteiger partial charge < -0.3 is 4.42 Å². The quantitative estimate of drug-likeness (QED) is 0.279. The van der Waals surface area contributed by atoms with Crippen LogP contribution >= 0.6 is 0 Å². The number of hydrogen-bond acceptors (Lipinski definition) is 5. The monoisotopic (exact) mass is 524 g/mol. The molecule has 0 aliphatic heterocycles. The summed E-state index contributed by atoms with van der Waals surface area (Å²) in [6, 6.07) is 27.4. The predicted octanol–water partition coefficient (Wildman–Crippen LogP) is 4.88. The topological polar surface area (TPSA) is 87.9 Å². The third-order valence-electron chi connectivity index (χ3n) is 5.77. The van der Waals surface area contributed by atoms with Crippen LogP contribution in [0, 0.1) is 0 Å². The minimum Gasteiger partial charge on any atom is -0.468 e. The largest absolute Gasteiger partial charge is 0.468 e. The molecule has 1 aromatic heterocycles. The first-order valence-electron chi connectivity index (χ1n) is 11.5. The number of nitrogens with zero attached hydrogens (tertiary/aromatic N) is 2. The summed E-state index contributed by atoms with van der Waals surface area (Å²) in [5, 5.41) is 0. The fourth-order valence-corrected chi connectivity index (χ4v) is 6.66. The molecule has 0 saturated heterocycles. The molecular weight excluding hydrogens is 496 g/mol. The van der Waals surface area contributed by atoms with Crippen LogP contribution in [0.4, 0.5) is 0 Å². The highest BCUT2D eigenvalue weighted by Gasteiger charge is 2.28. The first-order valence-corrected chi connectivity index (χ1v) is 14.4. The minimum absolute atomic E-state index is 0.00930. The average Bonchev–Trinajstić information content (AvgIpc) is 3.41. The van der Waals surface area contributed by atoms with Crippen LogP contribution in [-0.4, -0.2) is 32.0 Å². The standard InChI is InChI=1S/C27H28N2O5S2/c1-2-28(20-23-10-5-3-6-11-23)35(30,31)26-15-17-27(18-16-26)36(32,33)29(22-25-14-9-19-34-25)21-24-12-7-4-8-13-24/h3-19H,2,20-22H2,1H3. The van der Waals surface area contributed by atoms with E-state index in [4.69, 9.17) is 4.42 Å². The molecule has 0 amide bonds. The molecule has 0 atom stereocenters. The SMILES string of the molecule is CCN(Cc1ccccc1)S(=O)(=O)c1ccc(S(=O)(=O)N(Cc2ccccc2)Cc2ccco2)cc1. The van der Waals surface area contributed by atoms with Gasteiger partial charge in [-0.1, -0.05) is 67.6 Å². The van der Waals surface area contributed by atoms with Crippen molar-refractivity contribution in [2.75, 3.05) is 6.54 Å². The Morgan fingerprint density at radius 3 is 1.50 bits per heavy atom. The molecule has 3 aromatic carbocycles. The van der Waals surface area contributed by atoms with Crippen LogP contribution in [0.25, 0.3) is 0 Å². The van der Waals surface area contributed by atoms with E-state index < -0.39 is 20.0 Å². The number of benzene rings is 3. The van der Waals surface area contributed by atoms with E-state index in [1.807, 2.05) is 60.7 Å². The first-order chi connectivity index (χ1) is 17.3. The summed E-state index contributed by atoms with van der Waals surface area (Å²) in [5.74, 6) is 0.508. The number of sulfonamides is 2. The van der Waals surface area contributed by atoms with Crippen LogP contribution in [-0.2, 0) is 39.7 Å². The number of hydrogen-bond donors (Lipinski definition) is 0. The van der Waals surface area contributed by atoms with E-state index in [1.165, 1.54) is 39.1 Å². The van der Waals surface area contributed by atoms with E-state index in [2.05, 4.69) is 0 Å². The van der Waals surface area contributed by atoms with Gasteiger partial charge in [-0.05, 0) is 47.5 Å². The van der Waals surface area contributed by atoms with Gasteiger partial charge in [-0.25, -0.2) is 16.8 Å². The van der Waals surface area contributed by atoms with E-state index >= 15 is 0 Å². The van der Waals surface area contributed by atoms with Gasteiger partial charge in [0.15, 0.2) is 0 Å². The van der Waals surface area contributed by atoms with Crippen molar-refractivity contribution in [3.63, 3.8) is 0 Å². The van der Waals surface area contributed by atoms with Gasteiger partial charge in [0.25, 0.3) is 0 Å². The Balaban J connectivity index is 1.60. The molecule has 0 spiro atoms. The van der Waals surface area contributed by atoms with Gasteiger partial charge in [-0.2, -0.15) is 8.61 Å². The lowest BCUT2D eigenvalue weighted by Gasteiger charge is -2.23. The molecule has 9 heteroatoms. The Hall–Kier alpha value is -3.24. The van der Waals surface area contributed by atoms with Crippen LogP contribution in [0.15, 0.2) is 118 Å². The van der Waals surface area contributed by atoms with E-state index in [0.29, 0.717) is 5.76 Å². The molecule has 0 unspecified atom stereocenters. The lowest BCUT2D eigenvalue weighted by Crippen LogP contribution is -2.31. The zero-order chi connectivity index (χ0) is 25.6. The summed E-state index contributed by atoms with van der Waals surface area (Å²) >= 11 is 0. The Morgan fingerprint density at radius 2 is 1.06 bits per heavy atom. The second kappa shape index (κ2) is 11.2. The molecule has 1 heterocycles. The molecule has 0 N–H and O–H groups in total. The molecule has 0 bridgehead atoms. The smallest absolute Gasteiger partial charge is 0.243 e. The minimum atomic E-state index is -3.95. The summed E-state index contributed by atoms with van der Waals surface area (Å²) < 4.78 is 61.8. The van der Waals surface area contributed by atoms with Crippen LogP contribution in [0.3, 0.4) is 0 Å². The van der Waals surface area contributed by atoms with Crippen molar-refractivity contribution in [1.82, 2.24) is 8.61 Å². The predicted molar refractivity (Wildman–Crippen MR) is 138 cm³/mol. The van der Waals surface area contributed by atoms with Crippen molar-refractivity contribution in [2.24, 2.45) is 0 Å². The molecule has 0 aliphatic rings. The maximum Gasteiger partial charge on any atom is 0.243 e. The van der Waals surface area contributed by atoms with E-state index in [1.54, 1.807) is 19.1 Å². The van der Waals surface area contributed by atoms with Gasteiger partial charge in [0, 0.05) is 19.6 Å². The molecular formula is C27H28N2O5S2. The second-order valence-corrected chi connectivity index (χ2v) is 12.1. The molecule has 7 nitrogen and oxygen atoms in total. The highest BCUT2D eigenvalue weighted by molar-refractivity contribution is 7.89. The molecule has 0 radical (unpaired) electrons. The number of furan rings is 1. The molecule has 4 rings (SSSR count). The van der Waals surface area contributed by atoms with Gasteiger partial charge in [0.1, 0.15) is 5.76 Å². The van der Waals surface area contributed by atoms with Crippen molar-refractivity contribution in [3.05, 3.63) is 120 Å². The van der Waals surface area contributed by atoms with Crippen molar-refractivity contribution in [3.8, 4) is 0 Å². The zero-order valence-corrected chi connectivity index (χ0v) is 21.5. The summed E-state index contributed by atoms with van der Waals surface area (Å²) in [6.45, 7) is 2.48. The highest BCUT2D eigenvalue weighted by Crippen LogP contribution is 2.25. The van der Waals surface area contributed by atoms with Crippen LogP contribution in [0.5, 0.6) is 0 Å². The van der Waals surface area contributed by atoms with Crippen molar-refractivity contribution < 1.29 is 21.3 Å². The van der Waals surface area contributed by atoms with E-state index in [0.717, 1.165) is 11.1 Å². The molecule has 0 aliphatic carbocycles. The molecule has 4 aromatic rings. The number of rotatable bonds is 11. The molecule has 36 heavy (non-hydrogen) atoms. The Labute approximate surface area is 212 Å². The fourth-order valence-electron chi connectivity index (χ4n) is 3.82. The first kappa shape index (κ1) is 25.8. The van der Waals surface area contributed by atoms with Crippen LogP contribution in [0.2, 0.25) is 0 Å². The average molecular weight is 525 g/mol. The maximum atomic E-state index is 13.6. The normalized spacial score (nSPS) is 12.3. The molecule has 0 fully saturated rings. The lowest BCUT2D eigenvalue weighted by molar-refractivity contribution is 0.358. The van der Waals surface area contributed by atoms with Crippen molar-refractivity contribution in [2.45, 2.75) is 36.3 Å². The van der Waals surface area contributed by atoms with Crippen LogP contribution in [0.1, 0.15) is 23.8 Å². The van der Waals surface area contributed by atoms with Gasteiger partial charge in [0.05, 0.1) is 22.6 Å². The van der Waals surface area contributed by atoms with Gasteiger partial charge in [-0.15, -0.1) is 0 Å². The van der Waals surface area contributed by atoms with E-state index in [-0.39, 0.29) is 36.0 Å². The van der Waals surface area contributed by atoms with Gasteiger partial charge >= 0.3 is 0 Å². The third kappa shape index (κ3) is 5.93. The Kier molecular flexibility index (Phi) is 8.05. The van der Waals surface area contributed by atoms with E-state index in [9.17, 15) is 16.8 Å². The van der Waals surface area contributed by atoms with Crippen molar-refractivity contribution in [1.29, 1.82) is 0 Å². The maximum absolute atomic E-state index is 13.6. The summed E-state index contributed by atoms with van der Waals surface area (Å²) in [5.41, 5.74) is 1.70. The summed E-state index contributed by atoms with van der Waals surface area (Å²) in [7, 11) is -7.76.